The average molecular weight is 460 g/mol. The number of nitrogens with one attached hydrogen (secondary N) is 1. The number of carbonyl (C=O) groups is 1. The molecule has 0 aromatic heterocycles. The Balaban J connectivity index is 1.35. The second-order valence-corrected chi connectivity index (χ2v) is 9.14. The molecule has 3 aromatic rings. The highest BCUT2D eigenvalue weighted by atomic mass is 19.1. The fourth-order valence-electron chi connectivity index (χ4n) is 5.29. The minimum absolute atomic E-state index is 0.0812. The molecule has 0 aliphatic carbocycles. The van der Waals surface area contributed by atoms with Gasteiger partial charge < -0.3 is 15.0 Å². The third-order valence-corrected chi connectivity index (χ3v) is 6.83. The molecule has 1 atom stereocenters. The summed E-state index contributed by atoms with van der Waals surface area (Å²) in [4.78, 5) is 17.7. The zero-order valence-corrected chi connectivity index (χ0v) is 19.4. The van der Waals surface area contributed by atoms with Gasteiger partial charge in [-0.15, -0.1) is 0 Å². The summed E-state index contributed by atoms with van der Waals surface area (Å²) >= 11 is 0. The van der Waals surface area contributed by atoms with Crippen molar-refractivity contribution in [3.05, 3.63) is 101 Å². The number of urea groups is 1. The molecule has 6 heteroatoms. The van der Waals surface area contributed by atoms with Gasteiger partial charge in [-0.2, -0.15) is 0 Å². The number of amides is 2. The lowest BCUT2D eigenvalue weighted by molar-refractivity contribution is 0.105. The van der Waals surface area contributed by atoms with E-state index in [0.29, 0.717) is 6.61 Å². The van der Waals surface area contributed by atoms with Gasteiger partial charge in [-0.1, -0.05) is 54.6 Å². The summed E-state index contributed by atoms with van der Waals surface area (Å²) in [5, 5.41) is 3.06. The Kier molecular flexibility index (Phi) is 6.61. The monoisotopic (exact) mass is 459 g/mol. The van der Waals surface area contributed by atoms with Crippen LogP contribution in [0.2, 0.25) is 0 Å². The summed E-state index contributed by atoms with van der Waals surface area (Å²) in [5.74, 6) is -0.286. The maximum absolute atomic E-state index is 14.2. The van der Waals surface area contributed by atoms with E-state index >= 15 is 0 Å². The van der Waals surface area contributed by atoms with Crippen LogP contribution in [0.3, 0.4) is 0 Å². The van der Waals surface area contributed by atoms with Crippen molar-refractivity contribution in [1.82, 2.24) is 9.80 Å². The van der Waals surface area contributed by atoms with Crippen molar-refractivity contribution in [1.29, 1.82) is 0 Å². The highest BCUT2D eigenvalue weighted by Gasteiger charge is 2.39. The molecule has 2 amide bonds. The van der Waals surface area contributed by atoms with Crippen molar-refractivity contribution in [2.75, 3.05) is 25.5 Å². The van der Waals surface area contributed by atoms with Gasteiger partial charge in [-0.3, -0.25) is 4.90 Å². The first kappa shape index (κ1) is 22.6. The topological polar surface area (TPSA) is 44.8 Å². The van der Waals surface area contributed by atoms with Gasteiger partial charge in [0.2, 0.25) is 0 Å². The maximum atomic E-state index is 14.2. The number of nitrogens with zero attached hydrogens (tertiary/aromatic N) is 2. The number of fused-ring (bicyclic) bond motifs is 1. The first-order valence-electron chi connectivity index (χ1n) is 11.8. The quantitative estimate of drug-likeness (QED) is 0.524. The fourth-order valence-corrected chi connectivity index (χ4v) is 5.29. The van der Waals surface area contributed by atoms with Crippen LogP contribution in [-0.2, 0) is 17.9 Å². The van der Waals surface area contributed by atoms with Crippen LogP contribution >= 0.6 is 0 Å². The van der Waals surface area contributed by atoms with Gasteiger partial charge in [0.25, 0.3) is 0 Å². The number of hydrogen-bond donors (Lipinski definition) is 1. The number of halogens is 1. The van der Waals surface area contributed by atoms with Crippen LogP contribution in [0.25, 0.3) is 0 Å². The first-order chi connectivity index (χ1) is 16.6. The van der Waals surface area contributed by atoms with Crippen LogP contribution in [0.1, 0.15) is 41.1 Å². The lowest BCUT2D eigenvalue weighted by Gasteiger charge is -2.45. The third-order valence-electron chi connectivity index (χ3n) is 6.83. The minimum atomic E-state index is -0.303. The molecular weight excluding hydrogens is 429 g/mol. The van der Waals surface area contributed by atoms with Crippen LogP contribution in [0.4, 0.5) is 14.9 Å². The highest BCUT2D eigenvalue weighted by Crippen LogP contribution is 2.40. The van der Waals surface area contributed by atoms with Crippen molar-refractivity contribution < 1.29 is 13.9 Å². The number of piperidine rings is 1. The normalized spacial score (nSPS) is 19.1. The van der Waals surface area contributed by atoms with Crippen LogP contribution in [0.5, 0.6) is 0 Å². The van der Waals surface area contributed by atoms with E-state index in [2.05, 4.69) is 34.5 Å². The minimum Gasteiger partial charge on any atom is -0.380 e. The Morgan fingerprint density at radius 1 is 0.971 bits per heavy atom. The summed E-state index contributed by atoms with van der Waals surface area (Å²) in [6, 6.07) is 22.6. The van der Waals surface area contributed by atoms with Crippen molar-refractivity contribution in [2.24, 2.45) is 0 Å². The molecule has 1 fully saturated rings. The predicted molar refractivity (Wildman–Crippen MR) is 131 cm³/mol. The lowest BCUT2D eigenvalue weighted by atomic mass is 9.90. The van der Waals surface area contributed by atoms with E-state index in [9.17, 15) is 9.18 Å². The average Bonchev–Trinajstić information content (AvgIpc) is 2.84. The van der Waals surface area contributed by atoms with E-state index in [1.54, 1.807) is 19.2 Å². The third kappa shape index (κ3) is 4.69. The fraction of sp³-hybridized carbons (Fsp3) is 0.321. The number of benzene rings is 3. The summed E-state index contributed by atoms with van der Waals surface area (Å²) in [7, 11) is 1.71. The van der Waals surface area contributed by atoms with Gasteiger partial charge in [0.1, 0.15) is 5.82 Å². The molecule has 176 valence electrons. The predicted octanol–water partition coefficient (Wildman–Crippen LogP) is 5.57. The number of rotatable bonds is 6. The Bertz CT molecular complexity index is 1160. The standard InChI is InChI=1S/C28H30FN3O2/c1-34-19-21-7-4-6-20(16-21)18-31-14-12-24(13-15-31)32-27(22-8-5-9-23(29)17-22)25-10-2-3-11-26(25)30-28(32)33/h2-11,16-17,24,27H,12-15,18-19H2,1H3,(H,30,33). The van der Waals surface area contributed by atoms with Gasteiger partial charge in [-0.05, 0) is 47.7 Å². The first-order valence-corrected chi connectivity index (χ1v) is 11.8. The number of carbonyl (C=O) groups excluding carboxylic acids is 1. The second kappa shape index (κ2) is 9.95. The van der Waals surface area contributed by atoms with Crippen molar-refractivity contribution in [3.63, 3.8) is 0 Å². The molecule has 2 aliphatic heterocycles. The molecule has 0 spiro atoms. The molecule has 1 unspecified atom stereocenters. The lowest BCUT2D eigenvalue weighted by Crippen LogP contribution is -2.52. The molecule has 1 saturated heterocycles. The van der Waals surface area contributed by atoms with Crippen molar-refractivity contribution in [3.8, 4) is 0 Å². The second-order valence-electron chi connectivity index (χ2n) is 9.14. The van der Waals surface area contributed by atoms with Crippen molar-refractivity contribution in [2.45, 2.75) is 38.1 Å². The van der Waals surface area contributed by atoms with E-state index in [-0.39, 0.29) is 23.9 Å². The Labute approximate surface area is 200 Å². The van der Waals surface area contributed by atoms with Gasteiger partial charge in [0.05, 0.1) is 12.6 Å². The van der Waals surface area contributed by atoms with Gasteiger partial charge in [-0.25, -0.2) is 9.18 Å². The number of likely N-dealkylation sites (tertiary alicyclic amines) is 1. The molecule has 3 aromatic carbocycles. The molecule has 1 N–H and O–H groups in total. The van der Waals surface area contributed by atoms with E-state index in [1.165, 1.54) is 17.2 Å². The maximum Gasteiger partial charge on any atom is 0.322 e. The smallest absolute Gasteiger partial charge is 0.322 e. The molecule has 2 heterocycles. The molecule has 5 nitrogen and oxygen atoms in total. The van der Waals surface area contributed by atoms with Crippen LogP contribution in [0, 0.1) is 5.82 Å². The molecule has 2 aliphatic rings. The number of anilines is 1. The van der Waals surface area contributed by atoms with E-state index in [4.69, 9.17) is 4.74 Å². The Morgan fingerprint density at radius 3 is 2.53 bits per heavy atom. The van der Waals surface area contributed by atoms with Gasteiger partial charge >= 0.3 is 6.03 Å². The number of para-hydroxylation sites is 1. The Hall–Kier alpha value is -3.22. The SMILES string of the molecule is COCc1cccc(CN2CCC(N3C(=O)Nc4ccccc4C3c3cccc(F)c3)CC2)c1. The summed E-state index contributed by atoms with van der Waals surface area (Å²) in [5.41, 5.74) is 5.06. The summed E-state index contributed by atoms with van der Waals surface area (Å²) in [6.07, 6.45) is 1.75. The molecule has 34 heavy (non-hydrogen) atoms. The van der Waals surface area contributed by atoms with Crippen LogP contribution < -0.4 is 5.32 Å². The van der Waals surface area contributed by atoms with E-state index in [0.717, 1.165) is 49.3 Å². The van der Waals surface area contributed by atoms with Crippen LogP contribution in [0.15, 0.2) is 72.8 Å². The zero-order chi connectivity index (χ0) is 23.5. The summed E-state index contributed by atoms with van der Waals surface area (Å²) in [6.45, 7) is 3.30. The zero-order valence-electron chi connectivity index (χ0n) is 19.4. The summed E-state index contributed by atoms with van der Waals surface area (Å²) < 4.78 is 19.4. The molecular formula is C28H30FN3O2. The highest BCUT2D eigenvalue weighted by molar-refractivity contribution is 5.93. The molecule has 0 radical (unpaired) electrons. The van der Waals surface area contributed by atoms with E-state index < -0.39 is 0 Å². The largest absolute Gasteiger partial charge is 0.380 e. The number of ether oxygens (including phenoxy) is 1. The molecule has 0 bridgehead atoms. The van der Waals surface area contributed by atoms with Gasteiger partial charge in [0.15, 0.2) is 0 Å². The Morgan fingerprint density at radius 2 is 1.74 bits per heavy atom. The van der Waals surface area contributed by atoms with Crippen LogP contribution in [-0.4, -0.2) is 42.1 Å². The number of methoxy groups -OCH3 is 1. The number of hydrogen-bond acceptors (Lipinski definition) is 3. The molecule has 0 saturated carbocycles. The van der Waals surface area contributed by atoms with Gasteiger partial charge in [0, 0.05) is 44.0 Å². The van der Waals surface area contributed by atoms with E-state index in [1.807, 2.05) is 35.2 Å². The molecule has 5 rings (SSSR count). The van der Waals surface area contributed by atoms with Crippen molar-refractivity contribution >= 4 is 11.7 Å².